The Balaban J connectivity index is 1.32. The van der Waals surface area contributed by atoms with E-state index in [1.807, 2.05) is 108 Å². The molecule has 0 aliphatic heterocycles. The Morgan fingerprint density at radius 1 is 0.397 bits per heavy atom. The van der Waals surface area contributed by atoms with Crippen LogP contribution in [-0.2, 0) is 12.4 Å². The highest BCUT2D eigenvalue weighted by atomic mass is 19.4. The average Bonchev–Trinajstić information content (AvgIpc) is 3.56. The number of alkyl halides is 6. The maximum Gasteiger partial charge on any atom is 0.417 e. The molecule has 0 N–H and O–H groups in total. The van der Waals surface area contributed by atoms with Crippen molar-refractivity contribution in [3.63, 3.8) is 0 Å². The largest absolute Gasteiger partial charge is 0.417 e. The predicted molar refractivity (Wildman–Crippen MR) is 211 cm³/mol. The summed E-state index contributed by atoms with van der Waals surface area (Å²) in [4.78, 5) is 14.6. The van der Waals surface area contributed by atoms with Crippen molar-refractivity contribution < 1.29 is 30.7 Å². The standard InChI is InChI=1S/C47H27F7N4/c48-34-15-9-14-30(24-34)36-21-19-32(45-56-43(28-10-3-1-4-11-28)55-44(57-45)29-12-5-2-6-13-29)26-41(36)58-40-17-8-7-16-37(40)38-22-18-31(25-42(38)58)35-23-20-33(46(49,50)51)27-39(35)47(52,53)54/h1-27H. The van der Waals surface area contributed by atoms with Crippen LogP contribution in [0.15, 0.2) is 164 Å². The van der Waals surface area contributed by atoms with Crippen LogP contribution in [0, 0.1) is 5.82 Å². The molecule has 0 aliphatic rings. The first-order valence-corrected chi connectivity index (χ1v) is 18.0. The summed E-state index contributed by atoms with van der Waals surface area (Å²) in [6, 6.07) is 44.1. The Kier molecular flexibility index (Phi) is 8.88. The number of rotatable bonds is 6. The van der Waals surface area contributed by atoms with E-state index in [-0.39, 0.29) is 11.6 Å². The van der Waals surface area contributed by atoms with E-state index in [9.17, 15) is 30.7 Å². The number of hydrogen-bond donors (Lipinski definition) is 0. The van der Waals surface area contributed by atoms with E-state index < -0.39 is 34.9 Å². The van der Waals surface area contributed by atoms with Gasteiger partial charge in [-0.3, -0.25) is 0 Å². The molecule has 0 radical (unpaired) electrons. The van der Waals surface area contributed by atoms with Gasteiger partial charge < -0.3 is 4.57 Å². The fraction of sp³-hybridized carbons (Fsp3) is 0.0426. The van der Waals surface area contributed by atoms with E-state index in [1.165, 1.54) is 18.2 Å². The summed E-state index contributed by atoms with van der Waals surface area (Å²) in [5.74, 6) is 0.717. The topological polar surface area (TPSA) is 43.6 Å². The molecule has 0 saturated heterocycles. The highest BCUT2D eigenvalue weighted by molar-refractivity contribution is 6.11. The number of para-hydroxylation sites is 1. The van der Waals surface area contributed by atoms with Gasteiger partial charge in [0.25, 0.3) is 0 Å². The number of halogens is 7. The lowest BCUT2D eigenvalue weighted by molar-refractivity contribution is -0.142. The van der Waals surface area contributed by atoms with Crippen molar-refractivity contribution in [2.75, 3.05) is 0 Å². The Hall–Kier alpha value is -7.14. The van der Waals surface area contributed by atoms with Gasteiger partial charge in [0.1, 0.15) is 5.82 Å². The van der Waals surface area contributed by atoms with E-state index in [2.05, 4.69) is 0 Å². The minimum absolute atomic E-state index is 0.0542. The van der Waals surface area contributed by atoms with Gasteiger partial charge in [-0.15, -0.1) is 0 Å². The third-order valence-corrected chi connectivity index (χ3v) is 9.97. The number of hydrogen-bond acceptors (Lipinski definition) is 3. The molecular weight excluding hydrogens is 754 g/mol. The van der Waals surface area contributed by atoms with Crippen LogP contribution in [0.25, 0.3) is 83.9 Å². The molecule has 7 aromatic carbocycles. The van der Waals surface area contributed by atoms with Crippen molar-refractivity contribution in [3.05, 3.63) is 181 Å². The van der Waals surface area contributed by atoms with Gasteiger partial charge in [-0.1, -0.05) is 121 Å². The zero-order valence-corrected chi connectivity index (χ0v) is 30.0. The molecule has 0 aliphatic carbocycles. The van der Waals surface area contributed by atoms with E-state index in [1.54, 1.807) is 24.3 Å². The number of nitrogens with zero attached hydrogens (tertiary/aromatic N) is 4. The summed E-state index contributed by atoms with van der Waals surface area (Å²) in [7, 11) is 0. The molecule has 9 aromatic rings. The minimum Gasteiger partial charge on any atom is -0.309 e. The molecule has 2 aromatic heterocycles. The van der Waals surface area contributed by atoms with Crippen molar-refractivity contribution in [2.45, 2.75) is 12.4 Å². The molecule has 0 spiro atoms. The van der Waals surface area contributed by atoms with Gasteiger partial charge in [0, 0.05) is 33.0 Å². The van der Waals surface area contributed by atoms with Crippen LogP contribution in [-0.4, -0.2) is 19.5 Å². The summed E-state index contributed by atoms with van der Waals surface area (Å²) < 4.78 is 101. The monoisotopic (exact) mass is 780 g/mol. The van der Waals surface area contributed by atoms with Crippen LogP contribution in [0.5, 0.6) is 0 Å². The van der Waals surface area contributed by atoms with Gasteiger partial charge >= 0.3 is 12.4 Å². The minimum atomic E-state index is -5.08. The van der Waals surface area contributed by atoms with Crippen LogP contribution < -0.4 is 0 Å². The molecule has 284 valence electrons. The predicted octanol–water partition coefficient (Wildman–Crippen LogP) is 13.5. The lowest BCUT2D eigenvalue weighted by Crippen LogP contribution is -2.12. The van der Waals surface area contributed by atoms with E-state index >= 15 is 0 Å². The Bertz CT molecular complexity index is 2930. The highest BCUT2D eigenvalue weighted by Crippen LogP contribution is 2.44. The summed E-state index contributed by atoms with van der Waals surface area (Å²) >= 11 is 0. The van der Waals surface area contributed by atoms with Crippen molar-refractivity contribution >= 4 is 21.8 Å². The maximum absolute atomic E-state index is 14.9. The van der Waals surface area contributed by atoms with Crippen molar-refractivity contribution in [3.8, 4) is 62.1 Å². The average molecular weight is 781 g/mol. The van der Waals surface area contributed by atoms with Gasteiger partial charge in [0.2, 0.25) is 0 Å². The van der Waals surface area contributed by atoms with Crippen molar-refractivity contribution in [2.24, 2.45) is 0 Å². The van der Waals surface area contributed by atoms with Gasteiger partial charge in [0.05, 0.1) is 27.8 Å². The lowest BCUT2D eigenvalue weighted by atomic mass is 9.96. The molecule has 0 saturated carbocycles. The first kappa shape index (κ1) is 36.5. The first-order valence-electron chi connectivity index (χ1n) is 18.0. The summed E-state index contributed by atoms with van der Waals surface area (Å²) in [6.07, 6.45) is -10.1. The lowest BCUT2D eigenvalue weighted by Gasteiger charge is -2.18. The third kappa shape index (κ3) is 6.74. The van der Waals surface area contributed by atoms with Gasteiger partial charge in [-0.25, -0.2) is 19.3 Å². The van der Waals surface area contributed by atoms with Crippen LogP contribution in [0.1, 0.15) is 11.1 Å². The number of fused-ring (bicyclic) bond motifs is 3. The third-order valence-electron chi connectivity index (χ3n) is 9.97. The van der Waals surface area contributed by atoms with Crippen LogP contribution in [0.2, 0.25) is 0 Å². The molecule has 9 rings (SSSR count). The molecule has 0 amide bonds. The molecule has 11 heteroatoms. The highest BCUT2D eigenvalue weighted by Gasteiger charge is 2.38. The second kappa shape index (κ2) is 14.1. The molecular formula is C47H27F7N4. The first-order chi connectivity index (χ1) is 27.9. The second-order valence-corrected chi connectivity index (χ2v) is 13.6. The molecule has 0 unspecified atom stereocenters. The molecule has 4 nitrogen and oxygen atoms in total. The van der Waals surface area contributed by atoms with E-state index in [4.69, 9.17) is 15.0 Å². The summed E-state index contributed by atoms with van der Waals surface area (Å²) in [6.45, 7) is 0. The molecule has 0 atom stereocenters. The number of benzene rings is 7. The fourth-order valence-electron chi connectivity index (χ4n) is 7.30. The molecule has 58 heavy (non-hydrogen) atoms. The Labute approximate surface area is 326 Å². The molecule has 0 fully saturated rings. The quantitative estimate of drug-likeness (QED) is 0.158. The normalized spacial score (nSPS) is 12.1. The van der Waals surface area contributed by atoms with Crippen LogP contribution in [0.4, 0.5) is 30.7 Å². The Morgan fingerprint density at radius 2 is 0.948 bits per heavy atom. The SMILES string of the molecule is Fc1cccc(-c2ccc(-c3nc(-c4ccccc4)nc(-c4ccccc4)n3)cc2-n2c3ccccc3c3ccc(-c4ccc(C(F)(F)F)cc4C(F)(F)F)cc32)c1. The van der Waals surface area contributed by atoms with E-state index in [0.717, 1.165) is 22.6 Å². The molecule has 2 heterocycles. The van der Waals surface area contributed by atoms with Crippen molar-refractivity contribution in [1.82, 2.24) is 19.5 Å². The summed E-state index contributed by atoms with van der Waals surface area (Å²) in [5, 5.41) is 1.44. The van der Waals surface area contributed by atoms with Gasteiger partial charge in [0.15, 0.2) is 17.5 Å². The van der Waals surface area contributed by atoms with Crippen molar-refractivity contribution in [1.29, 1.82) is 0 Å². The Morgan fingerprint density at radius 3 is 1.59 bits per heavy atom. The zero-order valence-electron chi connectivity index (χ0n) is 30.0. The fourth-order valence-corrected chi connectivity index (χ4v) is 7.30. The molecule has 0 bridgehead atoms. The maximum atomic E-state index is 14.9. The van der Waals surface area contributed by atoms with E-state index in [0.29, 0.717) is 62.3 Å². The van der Waals surface area contributed by atoms with Gasteiger partial charge in [-0.2, -0.15) is 26.3 Å². The second-order valence-electron chi connectivity index (χ2n) is 13.6. The number of aromatic nitrogens is 4. The summed E-state index contributed by atoms with van der Waals surface area (Å²) in [5.41, 5.74) is 1.69. The smallest absolute Gasteiger partial charge is 0.309 e. The van der Waals surface area contributed by atoms with Gasteiger partial charge in [-0.05, 0) is 59.2 Å². The van der Waals surface area contributed by atoms with Crippen LogP contribution in [0.3, 0.4) is 0 Å². The van der Waals surface area contributed by atoms with Crippen LogP contribution >= 0.6 is 0 Å². The zero-order chi connectivity index (χ0) is 40.2.